The molecule has 0 radical (unpaired) electrons. The van der Waals surface area contributed by atoms with Crippen LogP contribution in [-0.2, 0) is 16.0 Å². The van der Waals surface area contributed by atoms with Crippen molar-refractivity contribution < 1.29 is 27.9 Å². The third kappa shape index (κ3) is 2.18. The molecule has 1 aliphatic heterocycles. The summed E-state index contributed by atoms with van der Waals surface area (Å²) in [7, 11) is 0. The van der Waals surface area contributed by atoms with Gasteiger partial charge in [0, 0.05) is 12.6 Å². The molecule has 100 valence electrons. The summed E-state index contributed by atoms with van der Waals surface area (Å²) < 4.78 is 40.0. The van der Waals surface area contributed by atoms with Gasteiger partial charge < -0.3 is 14.8 Å². The Kier molecular flexibility index (Phi) is 3.28. The summed E-state index contributed by atoms with van der Waals surface area (Å²) in [5.41, 5.74) is -0.464. The highest BCUT2D eigenvalue weighted by atomic mass is 19.2. The van der Waals surface area contributed by atoms with Crippen molar-refractivity contribution in [1.82, 2.24) is 0 Å². The first kappa shape index (κ1) is 13.1. The van der Waals surface area contributed by atoms with Gasteiger partial charge in [-0.05, 0) is 11.6 Å². The second-order valence-electron chi connectivity index (χ2n) is 3.95. The van der Waals surface area contributed by atoms with Crippen LogP contribution in [-0.4, -0.2) is 23.9 Å². The molecule has 4 nitrogen and oxygen atoms in total. The van der Waals surface area contributed by atoms with Crippen LogP contribution in [0.5, 0.6) is 0 Å². The van der Waals surface area contributed by atoms with Gasteiger partial charge in [-0.15, -0.1) is 0 Å². The van der Waals surface area contributed by atoms with E-state index in [9.17, 15) is 22.8 Å². The first-order chi connectivity index (χ1) is 8.95. The van der Waals surface area contributed by atoms with Gasteiger partial charge in [-0.1, -0.05) is 0 Å². The molecule has 0 atom stereocenters. The third-order valence-corrected chi connectivity index (χ3v) is 2.74. The number of carboxylic acids is 1. The van der Waals surface area contributed by atoms with Crippen molar-refractivity contribution in [2.75, 3.05) is 11.4 Å². The van der Waals surface area contributed by atoms with Gasteiger partial charge in [0.05, 0.1) is 17.8 Å². The van der Waals surface area contributed by atoms with E-state index >= 15 is 0 Å². The molecule has 1 aromatic carbocycles. The number of carboxylic acid groups (broad SMARTS) is 1. The van der Waals surface area contributed by atoms with E-state index in [0.717, 1.165) is 17.2 Å². The summed E-state index contributed by atoms with van der Waals surface area (Å²) in [6.45, 7) is -0.355. The fourth-order valence-corrected chi connectivity index (χ4v) is 1.94. The molecule has 0 aliphatic carbocycles. The minimum Gasteiger partial charge on any atom is -0.478 e. The summed E-state index contributed by atoms with van der Waals surface area (Å²) in [4.78, 5) is 22.4. The summed E-state index contributed by atoms with van der Waals surface area (Å²) in [5, 5.41) is 8.90. The molecule has 0 fully saturated rings. The second kappa shape index (κ2) is 4.75. The Morgan fingerprint density at radius 1 is 1.37 bits per heavy atom. The van der Waals surface area contributed by atoms with Crippen LogP contribution in [0.4, 0.5) is 18.9 Å². The van der Waals surface area contributed by atoms with E-state index in [2.05, 4.69) is 0 Å². The number of aldehydes is 1. The predicted octanol–water partition coefficient (Wildman–Crippen LogP) is 1.63. The smallest absolute Gasteiger partial charge is 0.333 e. The highest BCUT2D eigenvalue weighted by Crippen LogP contribution is 2.33. The van der Waals surface area contributed by atoms with Gasteiger partial charge in [0.25, 0.3) is 0 Å². The fraction of sp³-hybridized carbons (Fsp3) is 0.167. The lowest BCUT2D eigenvalue weighted by atomic mass is 9.98. The number of carbonyl (C=O) groups is 2. The maximum atomic E-state index is 13.7. The molecule has 0 saturated heterocycles. The second-order valence-corrected chi connectivity index (χ2v) is 3.95. The quantitative estimate of drug-likeness (QED) is 0.670. The van der Waals surface area contributed by atoms with Gasteiger partial charge in [0.1, 0.15) is 6.29 Å². The molecule has 0 amide bonds. The predicted molar refractivity (Wildman–Crippen MR) is 59.1 cm³/mol. The number of aliphatic carboxylic acids is 1. The number of nitrogens with zero attached hydrogens (tertiary/aromatic N) is 1. The molecule has 1 aromatic rings. The van der Waals surface area contributed by atoms with Crippen molar-refractivity contribution in [2.45, 2.75) is 6.42 Å². The van der Waals surface area contributed by atoms with E-state index in [0.29, 0.717) is 6.29 Å². The molecule has 0 spiro atoms. The van der Waals surface area contributed by atoms with Crippen molar-refractivity contribution in [1.29, 1.82) is 0 Å². The molecule has 1 heterocycles. The summed E-state index contributed by atoms with van der Waals surface area (Å²) in [6, 6.07) is 0.738. The van der Waals surface area contributed by atoms with Crippen molar-refractivity contribution >= 4 is 17.9 Å². The van der Waals surface area contributed by atoms with Gasteiger partial charge >= 0.3 is 5.97 Å². The minimum atomic E-state index is -1.65. The molecule has 1 N–H and O–H groups in total. The number of fused-ring (bicyclic) bond motifs is 1. The lowest BCUT2D eigenvalue weighted by Crippen LogP contribution is -2.28. The molecule has 0 unspecified atom stereocenters. The van der Waals surface area contributed by atoms with Crippen LogP contribution in [0.1, 0.15) is 5.56 Å². The summed E-state index contributed by atoms with van der Waals surface area (Å²) in [5.74, 6) is -5.75. The fourth-order valence-electron chi connectivity index (χ4n) is 1.94. The maximum Gasteiger partial charge on any atom is 0.333 e. The molecular formula is C12H8F3NO3. The number of benzene rings is 1. The number of anilines is 1. The Bertz CT molecular complexity index is 598. The van der Waals surface area contributed by atoms with Crippen molar-refractivity contribution in [3.8, 4) is 0 Å². The zero-order valence-electron chi connectivity index (χ0n) is 9.49. The van der Waals surface area contributed by atoms with E-state index in [1.165, 1.54) is 0 Å². The van der Waals surface area contributed by atoms with Gasteiger partial charge in [-0.3, -0.25) is 0 Å². The largest absolute Gasteiger partial charge is 0.478 e. The average Bonchev–Trinajstić information content (AvgIpc) is 2.35. The number of carbonyl (C=O) groups excluding carboxylic acids is 1. The molecule has 0 bridgehead atoms. The Labute approximate surface area is 105 Å². The number of halogens is 3. The molecule has 7 heteroatoms. The van der Waals surface area contributed by atoms with E-state index < -0.39 is 23.4 Å². The highest BCUT2D eigenvalue weighted by molar-refractivity contribution is 5.90. The molecule has 0 saturated carbocycles. The van der Waals surface area contributed by atoms with Gasteiger partial charge in [-0.2, -0.15) is 0 Å². The van der Waals surface area contributed by atoms with E-state index in [-0.39, 0.29) is 29.8 Å². The lowest BCUT2D eigenvalue weighted by Gasteiger charge is -2.27. The first-order valence-electron chi connectivity index (χ1n) is 5.26. The van der Waals surface area contributed by atoms with Crippen LogP contribution in [0, 0.1) is 17.5 Å². The monoisotopic (exact) mass is 271 g/mol. The zero-order valence-corrected chi connectivity index (χ0v) is 9.49. The lowest BCUT2D eigenvalue weighted by molar-refractivity contribution is -0.132. The van der Waals surface area contributed by atoms with Crippen molar-refractivity contribution in [2.24, 2.45) is 0 Å². The normalized spacial score (nSPS) is 13.8. The van der Waals surface area contributed by atoms with Crippen molar-refractivity contribution in [3.63, 3.8) is 0 Å². The highest BCUT2D eigenvalue weighted by Gasteiger charge is 2.28. The van der Waals surface area contributed by atoms with Crippen molar-refractivity contribution in [3.05, 3.63) is 40.9 Å². The molecule has 2 rings (SSSR count). The third-order valence-electron chi connectivity index (χ3n) is 2.74. The Hall–Kier alpha value is -2.31. The van der Waals surface area contributed by atoms with Crippen LogP contribution >= 0.6 is 0 Å². The number of hydrogen-bond donors (Lipinski definition) is 1. The SMILES string of the molecule is O=CCN1C=C(C(=O)O)Cc2cc(F)c(F)c(F)c21. The Balaban J connectivity index is 2.61. The van der Waals surface area contributed by atoms with Gasteiger partial charge in [-0.25, -0.2) is 18.0 Å². The van der Waals surface area contributed by atoms with Crippen LogP contribution in [0.2, 0.25) is 0 Å². The molecular weight excluding hydrogens is 263 g/mol. The van der Waals surface area contributed by atoms with Gasteiger partial charge in [0.2, 0.25) is 0 Å². The standard InChI is InChI=1S/C12H8F3NO3/c13-8-4-6-3-7(12(18)19)5-16(1-2-17)11(6)10(15)9(8)14/h2,4-5H,1,3H2,(H,18,19). The minimum absolute atomic E-state index is 0.0156. The van der Waals surface area contributed by atoms with E-state index in [4.69, 9.17) is 5.11 Å². The molecule has 19 heavy (non-hydrogen) atoms. The Morgan fingerprint density at radius 2 is 2.05 bits per heavy atom. The van der Waals surface area contributed by atoms with E-state index in [1.807, 2.05) is 0 Å². The molecule has 0 aromatic heterocycles. The van der Waals surface area contributed by atoms with Crippen LogP contribution < -0.4 is 4.90 Å². The topological polar surface area (TPSA) is 57.6 Å². The van der Waals surface area contributed by atoms with Gasteiger partial charge in [0.15, 0.2) is 17.5 Å². The van der Waals surface area contributed by atoms with Crippen LogP contribution in [0.25, 0.3) is 0 Å². The number of hydrogen-bond acceptors (Lipinski definition) is 3. The summed E-state index contributed by atoms with van der Waals surface area (Å²) in [6.07, 6.45) is 1.21. The average molecular weight is 271 g/mol. The number of rotatable bonds is 3. The Morgan fingerprint density at radius 3 is 2.63 bits per heavy atom. The van der Waals surface area contributed by atoms with E-state index in [1.54, 1.807) is 0 Å². The first-order valence-corrected chi connectivity index (χ1v) is 5.26. The molecule has 1 aliphatic rings. The maximum absolute atomic E-state index is 13.7. The zero-order chi connectivity index (χ0) is 14.2. The van der Waals surface area contributed by atoms with Crippen LogP contribution in [0.15, 0.2) is 17.8 Å². The summed E-state index contributed by atoms with van der Waals surface area (Å²) >= 11 is 0. The van der Waals surface area contributed by atoms with Crippen LogP contribution in [0.3, 0.4) is 0 Å².